The van der Waals surface area contributed by atoms with E-state index in [0.29, 0.717) is 6.54 Å². The molecule has 2 aromatic rings. The number of aryl methyl sites for hydroxylation is 1. The minimum absolute atomic E-state index is 0.289. The lowest BCUT2D eigenvalue weighted by atomic mass is 10.1. The first-order valence-corrected chi connectivity index (χ1v) is 5.81. The summed E-state index contributed by atoms with van der Waals surface area (Å²) in [6.07, 6.45) is 0. The van der Waals surface area contributed by atoms with E-state index in [1.54, 1.807) is 12.1 Å². The number of hydrogen-bond acceptors (Lipinski definition) is 2. The van der Waals surface area contributed by atoms with E-state index in [-0.39, 0.29) is 5.75 Å². The fourth-order valence-electron chi connectivity index (χ4n) is 1.69. The van der Waals surface area contributed by atoms with Gasteiger partial charge in [-0.2, -0.15) is 0 Å². The summed E-state index contributed by atoms with van der Waals surface area (Å²) in [6.45, 7) is 2.69. The van der Waals surface area contributed by atoms with Crippen LogP contribution in [0.15, 0.2) is 42.5 Å². The van der Waals surface area contributed by atoms with Gasteiger partial charge in [-0.05, 0) is 48.4 Å². The minimum atomic E-state index is 0.289. The summed E-state index contributed by atoms with van der Waals surface area (Å²) in [5.74, 6) is 0.289. The van der Waals surface area contributed by atoms with Crippen molar-refractivity contribution >= 4 is 17.3 Å². The molecule has 0 heterocycles. The zero-order valence-electron chi connectivity index (χ0n) is 9.57. The molecule has 0 spiro atoms. The fourth-order valence-corrected chi connectivity index (χ4v) is 1.92. The van der Waals surface area contributed by atoms with Gasteiger partial charge in [0.05, 0.1) is 0 Å². The monoisotopic (exact) mass is 247 g/mol. The Labute approximate surface area is 106 Å². The molecule has 0 saturated carbocycles. The van der Waals surface area contributed by atoms with Crippen LogP contribution in [0.1, 0.15) is 11.1 Å². The van der Waals surface area contributed by atoms with Crippen molar-refractivity contribution in [2.75, 3.05) is 5.32 Å². The van der Waals surface area contributed by atoms with Gasteiger partial charge in [-0.15, -0.1) is 0 Å². The van der Waals surface area contributed by atoms with Crippen LogP contribution in [0, 0.1) is 6.92 Å². The van der Waals surface area contributed by atoms with Gasteiger partial charge in [0, 0.05) is 17.3 Å². The Hall–Kier alpha value is -1.67. The van der Waals surface area contributed by atoms with Crippen LogP contribution in [0.3, 0.4) is 0 Å². The van der Waals surface area contributed by atoms with Crippen molar-refractivity contribution < 1.29 is 5.11 Å². The smallest absolute Gasteiger partial charge is 0.115 e. The number of rotatable bonds is 3. The molecule has 0 aliphatic rings. The van der Waals surface area contributed by atoms with E-state index in [1.165, 1.54) is 0 Å². The van der Waals surface area contributed by atoms with E-state index in [0.717, 1.165) is 21.8 Å². The molecule has 0 unspecified atom stereocenters. The molecule has 0 radical (unpaired) electrons. The second-order valence-electron chi connectivity index (χ2n) is 3.98. The van der Waals surface area contributed by atoms with Crippen molar-refractivity contribution in [3.8, 4) is 5.75 Å². The molecule has 2 N–H and O–H groups in total. The van der Waals surface area contributed by atoms with Crippen molar-refractivity contribution in [1.29, 1.82) is 0 Å². The Bertz CT molecular complexity index is 525. The predicted molar refractivity (Wildman–Crippen MR) is 71.6 cm³/mol. The quantitative estimate of drug-likeness (QED) is 0.860. The second kappa shape index (κ2) is 5.11. The first-order chi connectivity index (χ1) is 8.15. The van der Waals surface area contributed by atoms with E-state index >= 15 is 0 Å². The maximum atomic E-state index is 9.36. The van der Waals surface area contributed by atoms with E-state index in [4.69, 9.17) is 11.6 Å². The molecule has 0 fully saturated rings. The Morgan fingerprint density at radius 2 is 2.00 bits per heavy atom. The molecule has 0 saturated heterocycles. The first kappa shape index (κ1) is 11.8. The summed E-state index contributed by atoms with van der Waals surface area (Å²) < 4.78 is 0. The van der Waals surface area contributed by atoms with Crippen LogP contribution < -0.4 is 5.32 Å². The molecule has 2 rings (SSSR count). The van der Waals surface area contributed by atoms with Crippen molar-refractivity contribution in [1.82, 2.24) is 0 Å². The van der Waals surface area contributed by atoms with Gasteiger partial charge in [0.1, 0.15) is 5.75 Å². The van der Waals surface area contributed by atoms with Gasteiger partial charge >= 0.3 is 0 Å². The number of phenols is 1. The highest BCUT2D eigenvalue weighted by molar-refractivity contribution is 6.30. The fraction of sp³-hybridized carbons (Fsp3) is 0.143. The number of phenolic OH excluding ortho intramolecular Hbond substituents is 1. The van der Waals surface area contributed by atoms with Crippen LogP contribution in [0.25, 0.3) is 0 Å². The number of hydrogen-bond donors (Lipinski definition) is 2. The van der Waals surface area contributed by atoms with Crippen LogP contribution >= 0.6 is 11.6 Å². The maximum Gasteiger partial charge on any atom is 0.115 e. The van der Waals surface area contributed by atoms with Gasteiger partial charge in [-0.1, -0.05) is 23.7 Å². The van der Waals surface area contributed by atoms with Gasteiger partial charge in [0.25, 0.3) is 0 Å². The highest BCUT2D eigenvalue weighted by atomic mass is 35.5. The van der Waals surface area contributed by atoms with Crippen LogP contribution in [0.2, 0.25) is 5.02 Å². The van der Waals surface area contributed by atoms with Crippen LogP contribution in [-0.2, 0) is 6.54 Å². The van der Waals surface area contributed by atoms with Crippen molar-refractivity contribution in [3.05, 3.63) is 58.6 Å². The van der Waals surface area contributed by atoms with Crippen LogP contribution in [0.5, 0.6) is 5.75 Å². The molecule has 0 aliphatic carbocycles. The van der Waals surface area contributed by atoms with E-state index in [2.05, 4.69) is 5.32 Å². The topological polar surface area (TPSA) is 32.3 Å². The Balaban J connectivity index is 2.07. The second-order valence-corrected chi connectivity index (χ2v) is 4.42. The first-order valence-electron chi connectivity index (χ1n) is 5.43. The van der Waals surface area contributed by atoms with Crippen molar-refractivity contribution in [2.24, 2.45) is 0 Å². The highest BCUT2D eigenvalue weighted by Crippen LogP contribution is 2.20. The molecular weight excluding hydrogens is 234 g/mol. The number of halogens is 1. The standard InChI is InChI=1S/C14H14ClNO/c1-10-7-12(15)5-6-14(10)16-9-11-3-2-4-13(17)8-11/h2-8,16-17H,9H2,1H3. The SMILES string of the molecule is Cc1cc(Cl)ccc1NCc1cccc(O)c1. The number of aromatic hydroxyl groups is 1. The van der Waals surface area contributed by atoms with Gasteiger partial charge < -0.3 is 10.4 Å². The molecule has 0 bridgehead atoms. The largest absolute Gasteiger partial charge is 0.508 e. The third-order valence-electron chi connectivity index (χ3n) is 2.58. The van der Waals surface area contributed by atoms with Gasteiger partial charge in [-0.25, -0.2) is 0 Å². The average molecular weight is 248 g/mol. The lowest BCUT2D eigenvalue weighted by Gasteiger charge is -2.10. The molecule has 2 aromatic carbocycles. The Morgan fingerprint density at radius 1 is 1.18 bits per heavy atom. The summed E-state index contributed by atoms with van der Waals surface area (Å²) in [4.78, 5) is 0. The molecule has 0 amide bonds. The number of nitrogens with one attached hydrogen (secondary N) is 1. The molecule has 0 aromatic heterocycles. The molecule has 88 valence electrons. The zero-order valence-corrected chi connectivity index (χ0v) is 10.3. The van der Waals surface area contributed by atoms with E-state index in [9.17, 15) is 5.11 Å². The summed E-state index contributed by atoms with van der Waals surface area (Å²) in [6, 6.07) is 13.0. The van der Waals surface area contributed by atoms with Crippen molar-refractivity contribution in [2.45, 2.75) is 13.5 Å². The molecule has 3 heteroatoms. The molecule has 17 heavy (non-hydrogen) atoms. The number of anilines is 1. The van der Waals surface area contributed by atoms with Gasteiger partial charge in [-0.3, -0.25) is 0 Å². The molecule has 0 aliphatic heterocycles. The summed E-state index contributed by atoms with van der Waals surface area (Å²) in [7, 11) is 0. The lowest BCUT2D eigenvalue weighted by molar-refractivity contribution is 0.474. The van der Waals surface area contributed by atoms with E-state index in [1.807, 2.05) is 37.3 Å². The number of benzene rings is 2. The third kappa shape index (κ3) is 3.14. The molecule has 0 atom stereocenters. The molecular formula is C14H14ClNO. The van der Waals surface area contributed by atoms with Gasteiger partial charge in [0.15, 0.2) is 0 Å². The normalized spacial score (nSPS) is 10.2. The van der Waals surface area contributed by atoms with E-state index < -0.39 is 0 Å². The van der Waals surface area contributed by atoms with Gasteiger partial charge in [0.2, 0.25) is 0 Å². The zero-order chi connectivity index (χ0) is 12.3. The lowest BCUT2D eigenvalue weighted by Crippen LogP contribution is -2.00. The Kier molecular flexibility index (Phi) is 3.55. The summed E-state index contributed by atoms with van der Waals surface area (Å²) >= 11 is 5.89. The van der Waals surface area contributed by atoms with Crippen LogP contribution in [-0.4, -0.2) is 5.11 Å². The predicted octanol–water partition coefficient (Wildman–Crippen LogP) is 3.97. The maximum absolute atomic E-state index is 9.36. The Morgan fingerprint density at radius 3 is 2.71 bits per heavy atom. The highest BCUT2D eigenvalue weighted by Gasteiger charge is 1.99. The van der Waals surface area contributed by atoms with Crippen molar-refractivity contribution in [3.63, 3.8) is 0 Å². The third-order valence-corrected chi connectivity index (χ3v) is 2.82. The van der Waals surface area contributed by atoms with Crippen LogP contribution in [0.4, 0.5) is 5.69 Å². The molecule has 2 nitrogen and oxygen atoms in total. The summed E-state index contributed by atoms with van der Waals surface area (Å²) in [5.41, 5.74) is 3.20. The minimum Gasteiger partial charge on any atom is -0.508 e. The summed E-state index contributed by atoms with van der Waals surface area (Å²) in [5, 5.41) is 13.4. The average Bonchev–Trinajstić information content (AvgIpc) is 2.28.